The minimum atomic E-state index is -0.411. The van der Waals surface area contributed by atoms with E-state index in [1.165, 1.54) is 16.2 Å². The minimum Gasteiger partial charge on any atom is -0.497 e. The summed E-state index contributed by atoms with van der Waals surface area (Å²) in [6.45, 7) is 0.100. The molecule has 2 aromatic carbocycles. The molecule has 1 aliphatic heterocycles. The van der Waals surface area contributed by atoms with E-state index in [0.29, 0.717) is 33.4 Å². The maximum absolute atomic E-state index is 13.4. The Labute approximate surface area is 189 Å². The zero-order valence-corrected chi connectivity index (χ0v) is 18.7. The number of para-hydroxylation sites is 1. The van der Waals surface area contributed by atoms with E-state index >= 15 is 0 Å². The molecular formula is C24H22N2O5S. The van der Waals surface area contributed by atoms with E-state index in [2.05, 4.69) is 5.32 Å². The quantitative estimate of drug-likeness (QED) is 0.519. The second-order valence-electron chi connectivity index (χ2n) is 6.96. The molecule has 0 bridgehead atoms. The predicted molar refractivity (Wildman–Crippen MR) is 123 cm³/mol. The second kappa shape index (κ2) is 9.15. The van der Waals surface area contributed by atoms with Gasteiger partial charge in [-0.25, -0.2) is 0 Å². The molecule has 164 valence electrons. The van der Waals surface area contributed by atoms with Crippen molar-refractivity contribution in [2.75, 3.05) is 26.6 Å². The highest BCUT2D eigenvalue weighted by Crippen LogP contribution is 2.36. The molecule has 3 aromatic rings. The van der Waals surface area contributed by atoms with Gasteiger partial charge in [-0.3, -0.25) is 14.5 Å². The average molecular weight is 451 g/mol. The number of hydrogen-bond acceptors (Lipinski definition) is 7. The van der Waals surface area contributed by atoms with Gasteiger partial charge in [0.2, 0.25) is 0 Å². The number of benzene rings is 2. The van der Waals surface area contributed by atoms with Gasteiger partial charge in [0.1, 0.15) is 22.9 Å². The third kappa shape index (κ3) is 4.04. The van der Waals surface area contributed by atoms with Crippen LogP contribution in [0.5, 0.6) is 17.2 Å². The van der Waals surface area contributed by atoms with Gasteiger partial charge < -0.3 is 19.5 Å². The normalized spacial score (nSPS) is 13.5. The van der Waals surface area contributed by atoms with E-state index in [4.69, 9.17) is 14.2 Å². The van der Waals surface area contributed by atoms with Gasteiger partial charge in [0.25, 0.3) is 11.8 Å². The van der Waals surface area contributed by atoms with E-state index < -0.39 is 5.91 Å². The van der Waals surface area contributed by atoms with Gasteiger partial charge in [0.05, 0.1) is 33.4 Å². The molecule has 0 atom stereocenters. The SMILES string of the molecule is COc1cc(NC2=C(c3cccs3)C(=O)N(Cc3ccccc3OC)C2=O)cc(OC)c1. The van der Waals surface area contributed by atoms with Crippen molar-refractivity contribution in [3.05, 3.63) is 76.1 Å². The van der Waals surface area contributed by atoms with Gasteiger partial charge in [0, 0.05) is 34.3 Å². The first-order valence-corrected chi connectivity index (χ1v) is 10.7. The van der Waals surface area contributed by atoms with E-state index in [9.17, 15) is 9.59 Å². The Morgan fingerprint density at radius 3 is 2.22 bits per heavy atom. The molecule has 0 spiro atoms. The minimum absolute atomic E-state index is 0.100. The summed E-state index contributed by atoms with van der Waals surface area (Å²) in [5, 5.41) is 5.01. The second-order valence-corrected chi connectivity index (χ2v) is 7.91. The molecule has 0 saturated carbocycles. The Morgan fingerprint density at radius 1 is 0.875 bits per heavy atom. The lowest BCUT2D eigenvalue weighted by molar-refractivity contribution is -0.137. The molecule has 0 saturated heterocycles. The zero-order valence-electron chi connectivity index (χ0n) is 17.9. The molecular weight excluding hydrogens is 428 g/mol. The van der Waals surface area contributed by atoms with Crippen LogP contribution in [0.3, 0.4) is 0 Å². The lowest BCUT2D eigenvalue weighted by Crippen LogP contribution is -2.32. The third-order valence-corrected chi connectivity index (χ3v) is 5.96. The van der Waals surface area contributed by atoms with Gasteiger partial charge in [0.15, 0.2) is 0 Å². The van der Waals surface area contributed by atoms with E-state index in [1.54, 1.807) is 45.6 Å². The Bertz CT molecular complexity index is 1160. The molecule has 0 aliphatic carbocycles. The van der Waals surface area contributed by atoms with Crippen molar-refractivity contribution < 1.29 is 23.8 Å². The number of rotatable bonds is 8. The molecule has 4 rings (SSSR count). The lowest BCUT2D eigenvalue weighted by Gasteiger charge is -2.17. The molecule has 0 unspecified atom stereocenters. The number of anilines is 1. The number of imide groups is 1. The number of hydrogen-bond donors (Lipinski definition) is 1. The van der Waals surface area contributed by atoms with Crippen molar-refractivity contribution in [2.24, 2.45) is 0 Å². The topological polar surface area (TPSA) is 77.1 Å². The van der Waals surface area contributed by atoms with Crippen molar-refractivity contribution >= 4 is 34.4 Å². The van der Waals surface area contributed by atoms with Crippen molar-refractivity contribution in [3.8, 4) is 17.2 Å². The molecule has 1 N–H and O–H groups in total. The molecule has 1 aromatic heterocycles. The number of nitrogens with one attached hydrogen (secondary N) is 1. The fraction of sp³-hybridized carbons (Fsp3) is 0.167. The Morgan fingerprint density at radius 2 is 1.59 bits per heavy atom. The van der Waals surface area contributed by atoms with Crippen LogP contribution in [-0.4, -0.2) is 38.0 Å². The maximum atomic E-state index is 13.4. The summed E-state index contributed by atoms with van der Waals surface area (Å²) in [5.41, 5.74) is 1.86. The largest absolute Gasteiger partial charge is 0.497 e. The number of thiophene rings is 1. The molecule has 7 nitrogen and oxygen atoms in total. The van der Waals surface area contributed by atoms with E-state index in [0.717, 1.165) is 5.56 Å². The van der Waals surface area contributed by atoms with Crippen LogP contribution in [0.1, 0.15) is 10.4 Å². The van der Waals surface area contributed by atoms with Crippen molar-refractivity contribution in [2.45, 2.75) is 6.54 Å². The summed E-state index contributed by atoms with van der Waals surface area (Å²) in [4.78, 5) is 28.8. The molecule has 2 heterocycles. The first kappa shape index (κ1) is 21.5. The molecule has 1 aliphatic rings. The smallest absolute Gasteiger partial charge is 0.278 e. The Hall–Kier alpha value is -3.78. The number of amides is 2. The molecule has 0 fully saturated rings. The summed E-state index contributed by atoms with van der Waals surface area (Å²) in [7, 11) is 4.66. The Balaban J connectivity index is 1.73. The van der Waals surface area contributed by atoms with Crippen molar-refractivity contribution in [1.29, 1.82) is 0 Å². The summed E-state index contributed by atoms with van der Waals surface area (Å²) < 4.78 is 16.0. The third-order valence-electron chi connectivity index (χ3n) is 5.08. The van der Waals surface area contributed by atoms with Gasteiger partial charge in [-0.15, -0.1) is 11.3 Å². The maximum Gasteiger partial charge on any atom is 0.278 e. The summed E-state index contributed by atoms with van der Waals surface area (Å²) in [6, 6.07) is 16.2. The van der Waals surface area contributed by atoms with Crippen LogP contribution >= 0.6 is 11.3 Å². The molecule has 8 heteroatoms. The molecule has 0 radical (unpaired) electrons. The number of carbonyl (C=O) groups is 2. The number of ether oxygens (including phenoxy) is 3. The monoisotopic (exact) mass is 450 g/mol. The highest BCUT2D eigenvalue weighted by molar-refractivity contribution is 7.11. The Kier molecular flexibility index (Phi) is 6.13. The van der Waals surface area contributed by atoms with E-state index in [-0.39, 0.29) is 18.1 Å². The van der Waals surface area contributed by atoms with Crippen LogP contribution in [-0.2, 0) is 16.1 Å². The van der Waals surface area contributed by atoms with Crippen LogP contribution < -0.4 is 19.5 Å². The fourth-order valence-corrected chi connectivity index (χ4v) is 4.28. The van der Waals surface area contributed by atoms with Gasteiger partial charge >= 0.3 is 0 Å². The van der Waals surface area contributed by atoms with Crippen LogP contribution in [0, 0.1) is 0 Å². The average Bonchev–Trinajstić information content (AvgIpc) is 3.42. The highest BCUT2D eigenvalue weighted by atomic mass is 32.1. The highest BCUT2D eigenvalue weighted by Gasteiger charge is 2.40. The predicted octanol–water partition coefficient (Wildman–Crippen LogP) is 4.17. The number of carbonyl (C=O) groups excluding carboxylic acids is 2. The van der Waals surface area contributed by atoms with Crippen LogP contribution in [0.15, 0.2) is 65.7 Å². The van der Waals surface area contributed by atoms with Gasteiger partial charge in [-0.2, -0.15) is 0 Å². The first-order valence-electron chi connectivity index (χ1n) is 9.82. The molecule has 32 heavy (non-hydrogen) atoms. The van der Waals surface area contributed by atoms with Crippen molar-refractivity contribution in [3.63, 3.8) is 0 Å². The summed E-state index contributed by atoms with van der Waals surface area (Å²) >= 11 is 1.40. The van der Waals surface area contributed by atoms with Crippen LogP contribution in [0.2, 0.25) is 0 Å². The standard InChI is InChI=1S/C24H22N2O5S/c1-29-17-11-16(12-18(13-17)30-2)25-22-21(20-9-6-10-32-20)23(27)26(24(22)28)14-15-7-4-5-8-19(15)31-3/h4-13,25H,14H2,1-3H3. The summed E-state index contributed by atoms with van der Waals surface area (Å²) in [6.07, 6.45) is 0. The van der Waals surface area contributed by atoms with Crippen LogP contribution in [0.4, 0.5) is 5.69 Å². The molecule has 2 amide bonds. The van der Waals surface area contributed by atoms with Crippen molar-refractivity contribution in [1.82, 2.24) is 4.90 Å². The fourth-order valence-electron chi connectivity index (χ4n) is 3.51. The first-order chi connectivity index (χ1) is 15.5. The van der Waals surface area contributed by atoms with Crippen LogP contribution in [0.25, 0.3) is 5.57 Å². The lowest BCUT2D eigenvalue weighted by atomic mass is 10.1. The van der Waals surface area contributed by atoms with Gasteiger partial charge in [-0.05, 0) is 17.5 Å². The summed E-state index contributed by atoms with van der Waals surface area (Å²) in [5.74, 6) is 0.970. The number of nitrogens with zero attached hydrogens (tertiary/aromatic N) is 1. The number of methoxy groups -OCH3 is 3. The zero-order chi connectivity index (χ0) is 22.7. The van der Waals surface area contributed by atoms with Gasteiger partial charge in [-0.1, -0.05) is 24.3 Å². The van der Waals surface area contributed by atoms with E-state index in [1.807, 2.05) is 35.7 Å².